The quantitative estimate of drug-likeness (QED) is 0.849. The summed E-state index contributed by atoms with van der Waals surface area (Å²) in [6.07, 6.45) is 5.74. The third-order valence-electron chi connectivity index (χ3n) is 3.18. The lowest BCUT2D eigenvalue weighted by atomic mass is 10.2. The summed E-state index contributed by atoms with van der Waals surface area (Å²) < 4.78 is 1.95. The van der Waals surface area contributed by atoms with Gasteiger partial charge >= 0.3 is 5.97 Å². The smallest absolute Gasteiger partial charge is 0.313 e. The molecule has 0 saturated heterocycles. The molecule has 1 fully saturated rings. The van der Waals surface area contributed by atoms with Gasteiger partial charge < -0.3 is 5.11 Å². The van der Waals surface area contributed by atoms with E-state index in [1.165, 1.54) is 11.8 Å². The van der Waals surface area contributed by atoms with Crippen LogP contribution in [0.3, 0.4) is 0 Å². The molecular formula is C13H14N4O2S. The van der Waals surface area contributed by atoms with Gasteiger partial charge in [0.15, 0.2) is 5.16 Å². The number of pyridine rings is 1. The maximum Gasteiger partial charge on any atom is 0.313 e. The molecule has 2 aromatic heterocycles. The zero-order valence-corrected chi connectivity index (χ0v) is 11.8. The summed E-state index contributed by atoms with van der Waals surface area (Å²) in [6.45, 7) is 2.00. The number of hydrogen-bond donors (Lipinski definition) is 1. The van der Waals surface area contributed by atoms with Gasteiger partial charge in [-0.3, -0.25) is 14.3 Å². The number of carboxylic acid groups (broad SMARTS) is 1. The van der Waals surface area contributed by atoms with Crippen molar-refractivity contribution in [2.45, 2.75) is 30.8 Å². The molecule has 0 spiro atoms. The predicted molar refractivity (Wildman–Crippen MR) is 74.2 cm³/mol. The van der Waals surface area contributed by atoms with E-state index in [0.29, 0.717) is 11.1 Å². The fourth-order valence-corrected chi connectivity index (χ4v) is 2.70. The summed E-state index contributed by atoms with van der Waals surface area (Å²) in [7, 11) is 0. The van der Waals surface area contributed by atoms with Crippen LogP contribution >= 0.6 is 11.8 Å². The molecule has 0 amide bonds. The highest BCUT2D eigenvalue weighted by Gasteiger charge is 2.31. The second-order valence-corrected chi connectivity index (χ2v) is 5.74. The summed E-state index contributed by atoms with van der Waals surface area (Å²) in [5.74, 6) is 0.456. The Hall–Kier alpha value is -1.89. The Balaban J connectivity index is 2.03. The fraction of sp³-hybridized carbons (Fsp3) is 0.385. The SMILES string of the molecule is Cc1ccncc1-n1c(SCC(=O)O)nnc1C1CC1. The highest BCUT2D eigenvalue weighted by molar-refractivity contribution is 7.99. The van der Waals surface area contributed by atoms with Gasteiger partial charge in [-0.15, -0.1) is 10.2 Å². The Morgan fingerprint density at radius 2 is 2.30 bits per heavy atom. The Morgan fingerprint density at radius 3 is 2.95 bits per heavy atom. The van der Waals surface area contributed by atoms with Gasteiger partial charge in [0.1, 0.15) is 5.82 Å². The van der Waals surface area contributed by atoms with Crippen molar-refractivity contribution in [3.63, 3.8) is 0 Å². The van der Waals surface area contributed by atoms with Crippen LogP contribution in [0.15, 0.2) is 23.6 Å². The average Bonchev–Trinajstić information content (AvgIpc) is 3.18. The van der Waals surface area contributed by atoms with Gasteiger partial charge in [-0.05, 0) is 31.4 Å². The van der Waals surface area contributed by atoms with Crippen molar-refractivity contribution in [3.05, 3.63) is 29.8 Å². The highest BCUT2D eigenvalue weighted by atomic mass is 32.2. The summed E-state index contributed by atoms with van der Waals surface area (Å²) in [4.78, 5) is 14.9. The maximum atomic E-state index is 10.7. The number of nitrogens with zero attached hydrogens (tertiary/aromatic N) is 4. The fourth-order valence-electron chi connectivity index (χ4n) is 2.02. The van der Waals surface area contributed by atoms with E-state index in [1.54, 1.807) is 12.4 Å². The summed E-state index contributed by atoms with van der Waals surface area (Å²) in [5.41, 5.74) is 1.99. The van der Waals surface area contributed by atoms with Crippen LogP contribution < -0.4 is 0 Å². The van der Waals surface area contributed by atoms with E-state index >= 15 is 0 Å². The molecule has 2 heterocycles. The maximum absolute atomic E-state index is 10.7. The number of aliphatic carboxylic acids is 1. The number of thioether (sulfide) groups is 1. The molecule has 0 aromatic carbocycles. The second-order valence-electron chi connectivity index (χ2n) is 4.80. The standard InChI is InChI=1S/C13H14N4O2S/c1-8-4-5-14-6-10(8)17-12(9-2-3-9)15-16-13(17)20-7-11(18)19/h4-6,9H,2-3,7H2,1H3,(H,18,19). The lowest BCUT2D eigenvalue weighted by molar-refractivity contribution is -0.133. The molecule has 1 aliphatic rings. The third kappa shape index (κ3) is 2.53. The van der Waals surface area contributed by atoms with Crippen molar-refractivity contribution in [2.24, 2.45) is 0 Å². The number of aromatic nitrogens is 4. The summed E-state index contributed by atoms with van der Waals surface area (Å²) in [6, 6.07) is 1.93. The summed E-state index contributed by atoms with van der Waals surface area (Å²) in [5, 5.41) is 17.8. The first kappa shape index (κ1) is 13.1. The van der Waals surface area contributed by atoms with Gasteiger partial charge in [0, 0.05) is 12.1 Å². The van der Waals surface area contributed by atoms with Gasteiger partial charge in [-0.25, -0.2) is 0 Å². The second kappa shape index (κ2) is 5.24. The number of hydrogen-bond acceptors (Lipinski definition) is 5. The van der Waals surface area contributed by atoms with Gasteiger partial charge in [0.05, 0.1) is 17.6 Å². The van der Waals surface area contributed by atoms with E-state index in [2.05, 4.69) is 15.2 Å². The molecule has 0 unspecified atom stereocenters. The Kier molecular flexibility index (Phi) is 3.43. The molecular weight excluding hydrogens is 276 g/mol. The minimum absolute atomic E-state index is 0.0257. The molecule has 0 bridgehead atoms. The largest absolute Gasteiger partial charge is 0.481 e. The molecule has 0 radical (unpaired) electrons. The molecule has 0 aliphatic heterocycles. The monoisotopic (exact) mass is 290 g/mol. The van der Waals surface area contributed by atoms with Crippen LogP contribution in [0.5, 0.6) is 0 Å². The predicted octanol–water partition coefficient (Wildman–Crippen LogP) is 2.02. The minimum Gasteiger partial charge on any atom is -0.481 e. The van der Waals surface area contributed by atoms with E-state index < -0.39 is 5.97 Å². The van der Waals surface area contributed by atoms with Crippen LogP contribution in [0, 0.1) is 6.92 Å². The molecule has 1 aliphatic carbocycles. The molecule has 7 heteroatoms. The van der Waals surface area contributed by atoms with Gasteiger partial charge in [0.2, 0.25) is 0 Å². The van der Waals surface area contributed by atoms with E-state index in [0.717, 1.165) is 29.9 Å². The van der Waals surface area contributed by atoms with Crippen LogP contribution in [0.4, 0.5) is 0 Å². The first-order valence-electron chi connectivity index (χ1n) is 6.37. The van der Waals surface area contributed by atoms with Gasteiger partial charge in [-0.2, -0.15) is 0 Å². The van der Waals surface area contributed by atoms with E-state index in [-0.39, 0.29) is 5.75 Å². The molecule has 1 N–H and O–H groups in total. The molecule has 20 heavy (non-hydrogen) atoms. The van der Waals surface area contributed by atoms with E-state index in [1.807, 2.05) is 17.6 Å². The Bertz CT molecular complexity index is 652. The van der Waals surface area contributed by atoms with Crippen molar-refractivity contribution in [1.29, 1.82) is 0 Å². The van der Waals surface area contributed by atoms with E-state index in [4.69, 9.17) is 5.11 Å². The zero-order valence-electron chi connectivity index (χ0n) is 11.0. The molecule has 0 atom stereocenters. The normalized spacial score (nSPS) is 14.4. The first-order chi connectivity index (χ1) is 9.66. The molecule has 2 aromatic rings. The van der Waals surface area contributed by atoms with Crippen molar-refractivity contribution < 1.29 is 9.90 Å². The molecule has 3 rings (SSSR count). The topological polar surface area (TPSA) is 80.9 Å². The summed E-state index contributed by atoms with van der Waals surface area (Å²) >= 11 is 1.19. The van der Waals surface area contributed by atoms with E-state index in [9.17, 15) is 4.79 Å². The van der Waals surface area contributed by atoms with Gasteiger partial charge in [-0.1, -0.05) is 11.8 Å². The lowest BCUT2D eigenvalue weighted by Crippen LogP contribution is -2.06. The zero-order chi connectivity index (χ0) is 14.1. The molecule has 104 valence electrons. The van der Waals surface area contributed by atoms with Crippen LogP contribution in [0.1, 0.15) is 30.1 Å². The number of carboxylic acids is 1. The number of rotatable bonds is 5. The van der Waals surface area contributed by atoms with Crippen molar-refractivity contribution in [3.8, 4) is 5.69 Å². The first-order valence-corrected chi connectivity index (χ1v) is 7.36. The van der Waals surface area contributed by atoms with Crippen molar-refractivity contribution >= 4 is 17.7 Å². The molecule has 1 saturated carbocycles. The number of aryl methyl sites for hydroxylation is 1. The van der Waals surface area contributed by atoms with Crippen molar-refractivity contribution in [1.82, 2.24) is 19.7 Å². The average molecular weight is 290 g/mol. The Morgan fingerprint density at radius 1 is 1.50 bits per heavy atom. The minimum atomic E-state index is -0.861. The highest BCUT2D eigenvalue weighted by Crippen LogP contribution is 2.41. The lowest BCUT2D eigenvalue weighted by Gasteiger charge is -2.11. The third-order valence-corrected chi connectivity index (χ3v) is 4.09. The van der Waals surface area contributed by atoms with Crippen LogP contribution in [0.25, 0.3) is 5.69 Å². The van der Waals surface area contributed by atoms with Gasteiger partial charge in [0.25, 0.3) is 0 Å². The Labute approximate surface area is 120 Å². The van der Waals surface area contributed by atoms with Crippen molar-refractivity contribution in [2.75, 3.05) is 5.75 Å². The molecule has 6 nitrogen and oxygen atoms in total. The van der Waals surface area contributed by atoms with Crippen LogP contribution in [-0.4, -0.2) is 36.6 Å². The van der Waals surface area contributed by atoms with Crippen LogP contribution in [0.2, 0.25) is 0 Å². The number of carbonyl (C=O) groups is 1. The van der Waals surface area contributed by atoms with Crippen LogP contribution in [-0.2, 0) is 4.79 Å².